The van der Waals surface area contributed by atoms with Crippen molar-refractivity contribution in [2.75, 3.05) is 0 Å². The second-order valence-electron chi connectivity index (χ2n) is 3.95. The molecule has 0 unspecified atom stereocenters. The van der Waals surface area contributed by atoms with Crippen molar-refractivity contribution in [1.29, 1.82) is 0 Å². The first-order valence-electron chi connectivity index (χ1n) is 5.16. The summed E-state index contributed by atoms with van der Waals surface area (Å²) in [6.45, 7) is 3.91. The largest absolute Gasteiger partial charge is 0.295 e. The van der Waals surface area contributed by atoms with Crippen molar-refractivity contribution >= 4 is 11.6 Å². The Bertz CT molecular complexity index is 554. The van der Waals surface area contributed by atoms with Gasteiger partial charge in [-0.1, -0.05) is 29.8 Å². The fourth-order valence-electron chi connectivity index (χ4n) is 1.61. The number of nitrogens with one attached hydrogen (secondary N) is 1. The first-order valence-corrected chi connectivity index (χ1v) is 5.54. The number of rotatable bonds is 2. The summed E-state index contributed by atoms with van der Waals surface area (Å²) in [5.74, 6) is 0. The quantitative estimate of drug-likeness (QED) is 0.855. The van der Waals surface area contributed by atoms with Gasteiger partial charge in [0.05, 0.1) is 5.69 Å². The van der Waals surface area contributed by atoms with Gasteiger partial charge in [0.15, 0.2) is 0 Å². The number of hydrogen-bond donors (Lipinski definition) is 1. The zero-order chi connectivity index (χ0) is 11.7. The standard InChI is InChI=1S/C12H13ClN2O/c1-8(2)15-12(16)7-11(14-15)9-5-3-4-6-10(9)13/h3-8,14H,1-2H3. The molecule has 0 bridgehead atoms. The molecule has 0 fully saturated rings. The molecule has 0 saturated heterocycles. The molecule has 84 valence electrons. The van der Waals surface area contributed by atoms with Gasteiger partial charge in [-0.2, -0.15) is 0 Å². The number of nitrogens with zero attached hydrogens (tertiary/aromatic N) is 1. The molecule has 1 N–H and O–H groups in total. The van der Waals surface area contributed by atoms with Gasteiger partial charge in [0.2, 0.25) is 0 Å². The molecule has 0 amide bonds. The van der Waals surface area contributed by atoms with Crippen molar-refractivity contribution in [3.05, 3.63) is 45.7 Å². The van der Waals surface area contributed by atoms with Crippen LogP contribution in [0.4, 0.5) is 0 Å². The SMILES string of the molecule is CC(C)n1[nH]c(-c2ccccc2Cl)cc1=O. The maximum atomic E-state index is 11.7. The molecule has 16 heavy (non-hydrogen) atoms. The molecule has 1 aromatic carbocycles. The smallest absolute Gasteiger partial charge is 0.267 e. The lowest BCUT2D eigenvalue weighted by atomic mass is 10.1. The van der Waals surface area contributed by atoms with Crippen LogP contribution in [0.15, 0.2) is 35.1 Å². The van der Waals surface area contributed by atoms with Gasteiger partial charge in [-0.25, -0.2) is 0 Å². The number of halogens is 1. The van der Waals surface area contributed by atoms with Crippen LogP contribution in [-0.2, 0) is 0 Å². The summed E-state index contributed by atoms with van der Waals surface area (Å²) in [4.78, 5) is 11.7. The van der Waals surface area contributed by atoms with E-state index in [1.807, 2.05) is 38.1 Å². The number of hydrogen-bond acceptors (Lipinski definition) is 1. The Hall–Kier alpha value is -1.48. The summed E-state index contributed by atoms with van der Waals surface area (Å²) >= 11 is 6.07. The molecular formula is C12H13ClN2O. The van der Waals surface area contributed by atoms with Gasteiger partial charge in [0, 0.05) is 22.7 Å². The molecule has 0 aliphatic rings. The van der Waals surface area contributed by atoms with E-state index in [1.165, 1.54) is 0 Å². The molecule has 1 heterocycles. The average molecular weight is 237 g/mol. The third-order valence-electron chi connectivity index (χ3n) is 2.43. The molecule has 0 aliphatic carbocycles. The lowest BCUT2D eigenvalue weighted by molar-refractivity contribution is 0.518. The van der Waals surface area contributed by atoms with Crippen LogP contribution < -0.4 is 5.56 Å². The molecule has 3 nitrogen and oxygen atoms in total. The molecule has 0 aliphatic heterocycles. The van der Waals surface area contributed by atoms with Crippen LogP contribution in [0.1, 0.15) is 19.9 Å². The van der Waals surface area contributed by atoms with Crippen LogP contribution in [-0.4, -0.2) is 9.78 Å². The van der Waals surface area contributed by atoms with Crippen LogP contribution in [0.3, 0.4) is 0 Å². The summed E-state index contributed by atoms with van der Waals surface area (Å²) in [5, 5.41) is 3.70. The van der Waals surface area contributed by atoms with Crippen LogP contribution >= 0.6 is 11.6 Å². The Labute approximate surface area is 98.7 Å². The van der Waals surface area contributed by atoms with E-state index < -0.39 is 0 Å². The first-order chi connectivity index (χ1) is 7.59. The normalized spacial score (nSPS) is 11.0. The number of benzene rings is 1. The van der Waals surface area contributed by atoms with Crippen molar-refractivity contribution < 1.29 is 0 Å². The molecule has 0 atom stereocenters. The monoisotopic (exact) mass is 236 g/mol. The summed E-state index contributed by atoms with van der Waals surface area (Å²) in [7, 11) is 0. The molecular weight excluding hydrogens is 224 g/mol. The maximum absolute atomic E-state index is 11.7. The fourth-order valence-corrected chi connectivity index (χ4v) is 1.85. The summed E-state index contributed by atoms with van der Waals surface area (Å²) in [5.41, 5.74) is 1.56. The summed E-state index contributed by atoms with van der Waals surface area (Å²) in [6.07, 6.45) is 0. The van der Waals surface area contributed by atoms with Gasteiger partial charge in [0.25, 0.3) is 5.56 Å². The van der Waals surface area contributed by atoms with Crippen molar-refractivity contribution in [3.8, 4) is 11.3 Å². The second-order valence-corrected chi connectivity index (χ2v) is 4.36. The third kappa shape index (κ3) is 1.91. The van der Waals surface area contributed by atoms with E-state index in [9.17, 15) is 4.79 Å². The minimum absolute atomic E-state index is 0.0371. The Kier molecular flexibility index (Phi) is 2.88. The number of aromatic nitrogens is 2. The van der Waals surface area contributed by atoms with E-state index >= 15 is 0 Å². The van der Waals surface area contributed by atoms with E-state index in [1.54, 1.807) is 10.7 Å². The molecule has 2 aromatic rings. The van der Waals surface area contributed by atoms with Crippen LogP contribution in [0, 0.1) is 0 Å². The highest BCUT2D eigenvalue weighted by Gasteiger charge is 2.09. The molecule has 0 saturated carbocycles. The molecule has 4 heteroatoms. The van der Waals surface area contributed by atoms with Crippen molar-refractivity contribution in [2.24, 2.45) is 0 Å². The Morgan fingerprint density at radius 1 is 1.31 bits per heavy atom. The highest BCUT2D eigenvalue weighted by molar-refractivity contribution is 6.33. The lowest BCUT2D eigenvalue weighted by Crippen LogP contribution is -2.17. The Morgan fingerprint density at radius 3 is 2.56 bits per heavy atom. The van der Waals surface area contributed by atoms with E-state index in [0.29, 0.717) is 5.02 Å². The first kappa shape index (κ1) is 11.0. The Balaban J connectivity index is 2.54. The topological polar surface area (TPSA) is 37.8 Å². The highest BCUT2D eigenvalue weighted by Crippen LogP contribution is 2.25. The van der Waals surface area contributed by atoms with Gasteiger partial charge in [0.1, 0.15) is 0 Å². The lowest BCUT2D eigenvalue weighted by Gasteiger charge is -2.05. The number of H-pyrrole nitrogens is 1. The van der Waals surface area contributed by atoms with Gasteiger partial charge in [-0.05, 0) is 19.9 Å². The highest BCUT2D eigenvalue weighted by atomic mass is 35.5. The molecule has 0 radical (unpaired) electrons. The van der Waals surface area contributed by atoms with Gasteiger partial charge in [-0.15, -0.1) is 0 Å². The third-order valence-corrected chi connectivity index (χ3v) is 2.76. The van der Waals surface area contributed by atoms with Crippen LogP contribution in [0.2, 0.25) is 5.02 Å². The van der Waals surface area contributed by atoms with E-state index in [2.05, 4.69) is 5.10 Å². The predicted molar refractivity (Wildman–Crippen MR) is 65.9 cm³/mol. The van der Waals surface area contributed by atoms with E-state index in [-0.39, 0.29) is 11.6 Å². The van der Waals surface area contributed by atoms with Gasteiger partial charge >= 0.3 is 0 Å². The summed E-state index contributed by atoms with van der Waals surface area (Å²) < 4.78 is 1.58. The van der Waals surface area contributed by atoms with Gasteiger partial charge < -0.3 is 0 Å². The van der Waals surface area contributed by atoms with E-state index in [0.717, 1.165) is 11.3 Å². The van der Waals surface area contributed by atoms with Gasteiger partial charge in [-0.3, -0.25) is 14.6 Å². The summed E-state index contributed by atoms with van der Waals surface area (Å²) in [6, 6.07) is 9.14. The van der Waals surface area contributed by atoms with Crippen molar-refractivity contribution in [1.82, 2.24) is 9.78 Å². The van der Waals surface area contributed by atoms with Crippen molar-refractivity contribution in [2.45, 2.75) is 19.9 Å². The maximum Gasteiger partial charge on any atom is 0.267 e. The molecule has 2 rings (SSSR count). The Morgan fingerprint density at radius 2 is 2.00 bits per heavy atom. The minimum Gasteiger partial charge on any atom is -0.295 e. The molecule has 0 spiro atoms. The predicted octanol–water partition coefficient (Wildman–Crippen LogP) is 3.08. The zero-order valence-electron chi connectivity index (χ0n) is 9.20. The second kappa shape index (κ2) is 4.18. The minimum atomic E-state index is -0.0371. The zero-order valence-corrected chi connectivity index (χ0v) is 9.95. The van der Waals surface area contributed by atoms with Crippen molar-refractivity contribution in [3.63, 3.8) is 0 Å². The molecule has 1 aromatic heterocycles. The van der Waals surface area contributed by atoms with Crippen LogP contribution in [0.25, 0.3) is 11.3 Å². The average Bonchev–Trinajstić information content (AvgIpc) is 2.61. The van der Waals surface area contributed by atoms with E-state index in [4.69, 9.17) is 11.6 Å². The number of aromatic amines is 1. The van der Waals surface area contributed by atoms with Crippen LogP contribution in [0.5, 0.6) is 0 Å². The fraction of sp³-hybridized carbons (Fsp3) is 0.250.